The lowest BCUT2D eigenvalue weighted by molar-refractivity contribution is -0.136. The van der Waals surface area contributed by atoms with Crippen molar-refractivity contribution in [2.45, 2.75) is 0 Å². The van der Waals surface area contributed by atoms with Crippen LogP contribution < -0.4 is 10.2 Å². The van der Waals surface area contributed by atoms with Gasteiger partial charge in [0, 0.05) is 19.3 Å². The van der Waals surface area contributed by atoms with E-state index in [-0.39, 0.29) is 19.0 Å². The molecular formula is C13H18N2O4. The number of hydrogen-bond acceptors (Lipinski definition) is 4. The van der Waals surface area contributed by atoms with Crippen molar-refractivity contribution in [3.05, 3.63) is 30.3 Å². The Kier molecular flexibility index (Phi) is 6.56. The second-order valence-corrected chi connectivity index (χ2v) is 3.88. The number of aliphatic carboxylic acids is 1. The summed E-state index contributed by atoms with van der Waals surface area (Å²) in [4.78, 5) is 24.1. The van der Waals surface area contributed by atoms with Crippen molar-refractivity contribution in [2.24, 2.45) is 0 Å². The number of carbonyl (C=O) groups is 2. The standard InChI is InChI=1S/C13H18N2O4/c1-19-8-7-14-9-12(16)15(10-13(17)18)11-5-3-2-4-6-11/h2-6,14H,7-10H2,1H3,(H,17,18). The first-order chi connectivity index (χ1) is 9.15. The van der Waals surface area contributed by atoms with E-state index >= 15 is 0 Å². The number of carbonyl (C=O) groups excluding carboxylic acids is 1. The molecule has 1 aromatic carbocycles. The predicted molar refractivity (Wildman–Crippen MR) is 71.2 cm³/mol. The number of amides is 1. The van der Waals surface area contributed by atoms with Crippen LogP contribution in [0.3, 0.4) is 0 Å². The Morgan fingerprint density at radius 3 is 2.58 bits per heavy atom. The summed E-state index contributed by atoms with van der Waals surface area (Å²) in [5.41, 5.74) is 0.573. The highest BCUT2D eigenvalue weighted by atomic mass is 16.5. The van der Waals surface area contributed by atoms with Crippen LogP contribution in [0.1, 0.15) is 0 Å². The molecule has 104 valence electrons. The van der Waals surface area contributed by atoms with Crippen molar-refractivity contribution in [1.82, 2.24) is 5.32 Å². The molecule has 0 atom stereocenters. The van der Waals surface area contributed by atoms with Gasteiger partial charge >= 0.3 is 5.97 Å². The Morgan fingerprint density at radius 1 is 1.32 bits per heavy atom. The van der Waals surface area contributed by atoms with Crippen LogP contribution in [0.15, 0.2) is 30.3 Å². The Morgan fingerprint density at radius 2 is 2.00 bits per heavy atom. The number of ether oxygens (including phenoxy) is 1. The van der Waals surface area contributed by atoms with Crippen LogP contribution in [0, 0.1) is 0 Å². The monoisotopic (exact) mass is 266 g/mol. The third kappa shape index (κ3) is 5.50. The minimum atomic E-state index is -1.05. The fraction of sp³-hybridized carbons (Fsp3) is 0.385. The summed E-state index contributed by atoms with van der Waals surface area (Å²) in [6.07, 6.45) is 0. The van der Waals surface area contributed by atoms with Crippen molar-refractivity contribution in [2.75, 3.05) is 38.3 Å². The van der Waals surface area contributed by atoms with Gasteiger partial charge in [0.2, 0.25) is 5.91 Å². The number of para-hydroxylation sites is 1. The third-order valence-corrected chi connectivity index (χ3v) is 2.42. The van der Waals surface area contributed by atoms with E-state index in [9.17, 15) is 9.59 Å². The van der Waals surface area contributed by atoms with E-state index < -0.39 is 5.97 Å². The Hall–Kier alpha value is -1.92. The number of methoxy groups -OCH3 is 1. The van der Waals surface area contributed by atoms with Crippen molar-refractivity contribution in [3.63, 3.8) is 0 Å². The SMILES string of the molecule is COCCNCC(=O)N(CC(=O)O)c1ccccc1. The lowest BCUT2D eigenvalue weighted by Gasteiger charge is -2.21. The highest BCUT2D eigenvalue weighted by Gasteiger charge is 2.17. The van der Waals surface area contributed by atoms with Gasteiger partial charge in [0.05, 0.1) is 13.2 Å². The fourth-order valence-electron chi connectivity index (χ4n) is 1.53. The van der Waals surface area contributed by atoms with Gasteiger partial charge in [0.15, 0.2) is 0 Å². The third-order valence-electron chi connectivity index (χ3n) is 2.42. The molecule has 0 aromatic heterocycles. The summed E-state index contributed by atoms with van der Waals surface area (Å²) in [6, 6.07) is 8.74. The molecule has 0 saturated heterocycles. The van der Waals surface area contributed by atoms with Crippen LogP contribution in [0.5, 0.6) is 0 Å². The summed E-state index contributed by atoms with van der Waals surface area (Å²) >= 11 is 0. The molecule has 1 aromatic rings. The van der Waals surface area contributed by atoms with Crippen LogP contribution in [0.25, 0.3) is 0 Å². The highest BCUT2D eigenvalue weighted by Crippen LogP contribution is 2.12. The van der Waals surface area contributed by atoms with Crippen LogP contribution >= 0.6 is 0 Å². The zero-order valence-electron chi connectivity index (χ0n) is 10.8. The van der Waals surface area contributed by atoms with Crippen molar-refractivity contribution < 1.29 is 19.4 Å². The largest absolute Gasteiger partial charge is 0.480 e. The average molecular weight is 266 g/mol. The van der Waals surface area contributed by atoms with E-state index in [1.165, 1.54) is 4.90 Å². The summed E-state index contributed by atoms with van der Waals surface area (Å²) in [7, 11) is 1.57. The molecule has 0 fully saturated rings. The quantitative estimate of drug-likeness (QED) is 0.663. The van der Waals surface area contributed by atoms with Crippen LogP contribution in [0.2, 0.25) is 0 Å². The maximum Gasteiger partial charge on any atom is 0.323 e. The fourth-order valence-corrected chi connectivity index (χ4v) is 1.53. The van der Waals surface area contributed by atoms with Crippen molar-refractivity contribution in [1.29, 1.82) is 0 Å². The minimum absolute atomic E-state index is 0.0749. The van der Waals surface area contributed by atoms with Gasteiger partial charge < -0.3 is 20.1 Å². The lowest BCUT2D eigenvalue weighted by Crippen LogP contribution is -2.41. The number of carboxylic acid groups (broad SMARTS) is 1. The number of benzene rings is 1. The molecule has 0 radical (unpaired) electrons. The minimum Gasteiger partial charge on any atom is -0.480 e. The molecule has 0 saturated carbocycles. The van der Waals surface area contributed by atoms with Crippen molar-refractivity contribution in [3.8, 4) is 0 Å². The van der Waals surface area contributed by atoms with E-state index in [1.54, 1.807) is 31.4 Å². The summed E-state index contributed by atoms with van der Waals surface area (Å²) < 4.78 is 4.85. The molecule has 1 rings (SSSR count). The zero-order chi connectivity index (χ0) is 14.1. The van der Waals surface area contributed by atoms with Crippen LogP contribution in [0.4, 0.5) is 5.69 Å². The topological polar surface area (TPSA) is 78.9 Å². The molecule has 0 aliphatic heterocycles. The van der Waals surface area contributed by atoms with Gasteiger partial charge in [-0.1, -0.05) is 18.2 Å². The molecule has 19 heavy (non-hydrogen) atoms. The molecule has 0 aliphatic carbocycles. The normalized spacial score (nSPS) is 10.2. The molecular weight excluding hydrogens is 248 g/mol. The Bertz CT molecular complexity index is 408. The number of hydrogen-bond donors (Lipinski definition) is 2. The lowest BCUT2D eigenvalue weighted by atomic mass is 10.2. The van der Waals surface area contributed by atoms with E-state index in [2.05, 4.69) is 5.32 Å². The molecule has 0 heterocycles. The molecule has 0 unspecified atom stereocenters. The van der Waals surface area contributed by atoms with Gasteiger partial charge in [-0.05, 0) is 12.1 Å². The number of nitrogens with zero attached hydrogens (tertiary/aromatic N) is 1. The second-order valence-electron chi connectivity index (χ2n) is 3.88. The van der Waals surface area contributed by atoms with E-state index in [4.69, 9.17) is 9.84 Å². The molecule has 6 heteroatoms. The molecule has 6 nitrogen and oxygen atoms in total. The summed E-state index contributed by atoms with van der Waals surface area (Å²) in [5, 5.41) is 11.8. The summed E-state index contributed by atoms with van der Waals surface area (Å²) in [6.45, 7) is 0.760. The van der Waals surface area contributed by atoms with Gasteiger partial charge in [0.1, 0.15) is 6.54 Å². The number of carboxylic acids is 1. The average Bonchev–Trinajstić information content (AvgIpc) is 2.41. The smallest absolute Gasteiger partial charge is 0.323 e. The number of nitrogens with one attached hydrogen (secondary N) is 1. The second kappa shape index (κ2) is 8.23. The molecule has 0 aliphatic rings. The van der Waals surface area contributed by atoms with E-state index in [0.717, 1.165) is 0 Å². The maximum absolute atomic E-state index is 12.0. The van der Waals surface area contributed by atoms with E-state index in [1.807, 2.05) is 6.07 Å². The first kappa shape index (κ1) is 15.1. The first-order valence-corrected chi connectivity index (χ1v) is 5.92. The highest BCUT2D eigenvalue weighted by molar-refractivity contribution is 5.98. The maximum atomic E-state index is 12.0. The van der Waals surface area contributed by atoms with Crippen LogP contribution in [-0.4, -0.2) is 50.3 Å². The molecule has 1 amide bonds. The first-order valence-electron chi connectivity index (χ1n) is 5.92. The molecule has 0 spiro atoms. The van der Waals surface area contributed by atoms with Gasteiger partial charge in [-0.15, -0.1) is 0 Å². The Labute approximate surface area is 112 Å². The molecule has 0 bridgehead atoms. The van der Waals surface area contributed by atoms with Gasteiger partial charge in [-0.3, -0.25) is 9.59 Å². The zero-order valence-corrected chi connectivity index (χ0v) is 10.8. The summed E-state index contributed by atoms with van der Waals surface area (Å²) in [5.74, 6) is -1.33. The van der Waals surface area contributed by atoms with Gasteiger partial charge in [0.25, 0.3) is 0 Å². The van der Waals surface area contributed by atoms with Crippen LogP contribution in [-0.2, 0) is 14.3 Å². The molecule has 2 N–H and O–H groups in total. The number of anilines is 1. The predicted octanol–water partition coefficient (Wildman–Crippen LogP) is 0.340. The van der Waals surface area contributed by atoms with Gasteiger partial charge in [-0.2, -0.15) is 0 Å². The van der Waals surface area contributed by atoms with Crippen molar-refractivity contribution >= 4 is 17.6 Å². The van der Waals surface area contributed by atoms with E-state index in [0.29, 0.717) is 18.8 Å². The van der Waals surface area contributed by atoms with Gasteiger partial charge in [-0.25, -0.2) is 0 Å². The number of rotatable bonds is 8. The Balaban J connectivity index is 2.63.